The molecule has 0 aliphatic carbocycles. The number of nitrogens with zero attached hydrogens (tertiary/aromatic N) is 2. The lowest BCUT2D eigenvalue weighted by Gasteiger charge is -2.22. The number of alkyl carbamates (subject to hydrolysis) is 2. The molecule has 0 saturated heterocycles. The number of carbonyl (C=O) groups excluding carboxylic acids is 6. The zero-order chi connectivity index (χ0) is 45.0. The predicted molar refractivity (Wildman–Crippen MR) is 231 cm³/mol. The van der Waals surface area contributed by atoms with E-state index in [2.05, 4.69) is 34.3 Å². The van der Waals surface area contributed by atoms with E-state index < -0.39 is 24.1 Å². The summed E-state index contributed by atoms with van der Waals surface area (Å²) in [7, 11) is 0. The van der Waals surface area contributed by atoms with E-state index in [4.69, 9.17) is 30.4 Å². The highest BCUT2D eigenvalue weighted by atomic mass is 16.6. The average Bonchev–Trinajstić information content (AvgIpc) is 3.27. The van der Waals surface area contributed by atoms with Crippen LogP contribution in [0.15, 0.2) is 72.8 Å². The van der Waals surface area contributed by atoms with Gasteiger partial charge < -0.3 is 50.8 Å². The minimum absolute atomic E-state index is 0.0493. The van der Waals surface area contributed by atoms with Crippen molar-refractivity contribution in [1.29, 1.82) is 0 Å². The van der Waals surface area contributed by atoms with Crippen LogP contribution in [0.3, 0.4) is 0 Å². The number of rotatable bonds is 22. The first-order valence-electron chi connectivity index (χ1n) is 20.3. The van der Waals surface area contributed by atoms with Crippen molar-refractivity contribution >= 4 is 35.9 Å². The van der Waals surface area contributed by atoms with Crippen molar-refractivity contribution in [3.05, 3.63) is 106 Å². The molecule has 6 N–H and O–H groups in total. The summed E-state index contributed by atoms with van der Waals surface area (Å²) in [5, 5.41) is 5.13. The first-order chi connectivity index (χ1) is 30.0. The van der Waals surface area contributed by atoms with Gasteiger partial charge in [-0.1, -0.05) is 72.2 Å². The maximum atomic E-state index is 13.0. The van der Waals surface area contributed by atoms with Crippen LogP contribution in [-0.4, -0.2) is 111 Å². The first kappa shape index (κ1) is 49.5. The Morgan fingerprint density at radius 3 is 1.23 bits per heavy atom. The third-order valence-corrected chi connectivity index (χ3v) is 8.93. The Kier molecular flexibility index (Phi) is 22.8. The third-order valence-electron chi connectivity index (χ3n) is 8.93. The Morgan fingerprint density at radius 1 is 0.532 bits per heavy atom. The minimum Gasteiger partial charge on any atom is -0.465 e. The SMILES string of the molecule is CCOC(=O)CN(CCNC(=O)OCC#Cc1ccc(C#CCOC(=O)NCCN(CC(=O)OCC)C(=O)CCc2ccc(CN)cc2)cc1)C(=O)CCc1ccc(CN)cc1. The number of amides is 4. The quantitative estimate of drug-likeness (QED) is 0.0652. The summed E-state index contributed by atoms with van der Waals surface area (Å²) in [6.45, 7) is 3.98. The molecule has 0 aliphatic heterocycles. The summed E-state index contributed by atoms with van der Waals surface area (Å²) in [5.41, 5.74) is 16.5. The molecule has 0 spiro atoms. The second-order valence-electron chi connectivity index (χ2n) is 13.5. The van der Waals surface area contributed by atoms with E-state index in [0.29, 0.717) is 37.1 Å². The summed E-state index contributed by atoms with van der Waals surface area (Å²) in [5.74, 6) is 9.70. The Labute approximate surface area is 362 Å². The lowest BCUT2D eigenvalue weighted by molar-refractivity contribution is -0.149. The molecule has 0 bridgehead atoms. The van der Waals surface area contributed by atoms with Gasteiger partial charge in [-0.15, -0.1) is 0 Å². The van der Waals surface area contributed by atoms with Gasteiger partial charge in [0.15, 0.2) is 13.2 Å². The van der Waals surface area contributed by atoms with E-state index in [0.717, 1.165) is 22.3 Å². The summed E-state index contributed by atoms with van der Waals surface area (Å²) < 4.78 is 20.3. The highest BCUT2D eigenvalue weighted by Crippen LogP contribution is 2.10. The van der Waals surface area contributed by atoms with Crippen LogP contribution >= 0.6 is 0 Å². The van der Waals surface area contributed by atoms with Gasteiger partial charge >= 0.3 is 24.1 Å². The van der Waals surface area contributed by atoms with E-state index in [9.17, 15) is 28.8 Å². The molecule has 330 valence electrons. The molecule has 0 atom stereocenters. The van der Waals surface area contributed by atoms with Crippen molar-refractivity contribution in [2.24, 2.45) is 11.5 Å². The lowest BCUT2D eigenvalue weighted by atomic mass is 10.1. The second kappa shape index (κ2) is 28.6. The van der Waals surface area contributed by atoms with Crippen LogP contribution in [0.4, 0.5) is 9.59 Å². The summed E-state index contributed by atoms with van der Waals surface area (Å²) in [6.07, 6.45) is -0.159. The molecule has 16 heteroatoms. The standard InChI is InChI=1S/C46H56N6O10/c1-3-59-43(55)33-51(41(53)23-21-37-13-17-39(31-47)18-14-37)27-25-49-45(57)61-29-5-7-35-9-11-36(12-10-35)8-6-30-62-46(58)50-26-28-52(34-44(56)60-4-2)42(54)24-22-38-15-19-40(32-48)20-16-38/h9-20H,3-4,21-34,47-48H2,1-2H3,(H,49,57)(H,50,58). The van der Waals surface area contributed by atoms with Crippen LogP contribution < -0.4 is 22.1 Å². The number of carbonyl (C=O) groups is 6. The van der Waals surface area contributed by atoms with E-state index in [1.165, 1.54) is 9.80 Å². The molecule has 62 heavy (non-hydrogen) atoms. The van der Waals surface area contributed by atoms with Crippen molar-refractivity contribution in [3.8, 4) is 23.7 Å². The van der Waals surface area contributed by atoms with Crippen molar-refractivity contribution in [2.75, 3.05) is 65.7 Å². The van der Waals surface area contributed by atoms with Gasteiger partial charge in [0.05, 0.1) is 13.2 Å². The lowest BCUT2D eigenvalue weighted by Crippen LogP contribution is -2.42. The Morgan fingerprint density at radius 2 is 0.887 bits per heavy atom. The fraction of sp³-hybridized carbons (Fsp3) is 0.391. The van der Waals surface area contributed by atoms with Crippen molar-refractivity contribution < 1.29 is 47.7 Å². The van der Waals surface area contributed by atoms with Gasteiger partial charge in [-0.05, 0) is 73.2 Å². The van der Waals surface area contributed by atoms with Gasteiger partial charge in [0, 0.05) is 63.2 Å². The predicted octanol–water partition coefficient (Wildman–Crippen LogP) is 2.81. The highest BCUT2D eigenvalue weighted by molar-refractivity contribution is 5.83. The maximum Gasteiger partial charge on any atom is 0.408 e. The topological polar surface area (TPSA) is 222 Å². The van der Waals surface area contributed by atoms with Crippen LogP contribution in [0.25, 0.3) is 0 Å². The molecule has 3 aromatic carbocycles. The molecule has 0 saturated carbocycles. The molecule has 3 aromatic rings. The Bertz CT molecular complexity index is 1890. The van der Waals surface area contributed by atoms with E-state index in [1.807, 2.05) is 48.5 Å². The third kappa shape index (κ3) is 19.9. The maximum absolute atomic E-state index is 13.0. The normalized spacial score (nSPS) is 10.1. The first-order valence-corrected chi connectivity index (χ1v) is 20.3. The van der Waals surface area contributed by atoms with Gasteiger partial charge in [-0.2, -0.15) is 0 Å². The average molecular weight is 853 g/mol. The molecule has 0 fully saturated rings. The largest absolute Gasteiger partial charge is 0.465 e. The summed E-state index contributed by atoms with van der Waals surface area (Å²) >= 11 is 0. The number of hydrogen-bond acceptors (Lipinski definition) is 12. The fourth-order valence-electron chi connectivity index (χ4n) is 5.62. The molecule has 0 radical (unpaired) electrons. The number of benzene rings is 3. The van der Waals surface area contributed by atoms with Gasteiger partial charge in [0.1, 0.15) is 13.1 Å². The van der Waals surface area contributed by atoms with Crippen molar-refractivity contribution in [1.82, 2.24) is 20.4 Å². The van der Waals surface area contributed by atoms with Crippen LogP contribution in [0, 0.1) is 23.7 Å². The minimum atomic E-state index is -0.729. The van der Waals surface area contributed by atoms with Gasteiger partial charge in [-0.3, -0.25) is 19.2 Å². The Hall–Kier alpha value is -6.88. The monoisotopic (exact) mass is 852 g/mol. The molecular weight excluding hydrogens is 797 g/mol. The van der Waals surface area contributed by atoms with E-state index in [-0.39, 0.29) is 90.4 Å². The van der Waals surface area contributed by atoms with Crippen molar-refractivity contribution in [2.45, 2.75) is 52.6 Å². The van der Waals surface area contributed by atoms with Gasteiger partial charge in [0.25, 0.3) is 0 Å². The Balaban J connectivity index is 1.36. The molecule has 3 rings (SSSR count). The number of hydrogen-bond donors (Lipinski definition) is 4. The smallest absolute Gasteiger partial charge is 0.408 e. The van der Waals surface area contributed by atoms with Crippen LogP contribution in [0.2, 0.25) is 0 Å². The summed E-state index contributed by atoms with van der Waals surface area (Å²) in [6, 6.07) is 22.2. The number of nitrogens with two attached hydrogens (primary N) is 2. The molecular formula is C46H56N6O10. The van der Waals surface area contributed by atoms with Crippen LogP contribution in [0.1, 0.15) is 60.1 Å². The van der Waals surface area contributed by atoms with Gasteiger partial charge in [-0.25, -0.2) is 9.59 Å². The number of aryl methyl sites for hydroxylation is 2. The number of ether oxygens (including phenoxy) is 4. The van der Waals surface area contributed by atoms with Gasteiger partial charge in [0.2, 0.25) is 11.8 Å². The molecule has 0 aromatic heterocycles. The highest BCUT2D eigenvalue weighted by Gasteiger charge is 2.20. The van der Waals surface area contributed by atoms with E-state index >= 15 is 0 Å². The molecule has 16 nitrogen and oxygen atoms in total. The molecule has 0 unspecified atom stereocenters. The van der Waals surface area contributed by atoms with Crippen LogP contribution in [-0.2, 0) is 64.1 Å². The number of nitrogens with one attached hydrogen (secondary N) is 2. The molecule has 4 amide bonds. The molecule has 0 heterocycles. The second-order valence-corrected chi connectivity index (χ2v) is 13.5. The zero-order valence-corrected chi connectivity index (χ0v) is 35.4. The summed E-state index contributed by atoms with van der Waals surface area (Å²) in [4.78, 5) is 77.4. The van der Waals surface area contributed by atoms with Crippen LogP contribution in [0.5, 0.6) is 0 Å². The van der Waals surface area contributed by atoms with Crippen molar-refractivity contribution in [3.63, 3.8) is 0 Å². The fourth-order valence-corrected chi connectivity index (χ4v) is 5.62. The molecule has 0 aliphatic rings. The van der Waals surface area contributed by atoms with E-state index in [1.54, 1.807) is 38.1 Å². The number of esters is 2. The zero-order valence-electron chi connectivity index (χ0n) is 35.4.